The number of rotatable bonds is 4. The first-order chi connectivity index (χ1) is 4.54. The third-order valence-corrected chi connectivity index (χ3v) is 6.49. The molecule has 0 radical (unpaired) electrons. The minimum absolute atomic E-state index is 0.436. The van der Waals surface area contributed by atoms with E-state index in [1.807, 2.05) is 6.92 Å². The van der Waals surface area contributed by atoms with Gasteiger partial charge >= 0.3 is 0 Å². The molecule has 4 heteroatoms. The summed E-state index contributed by atoms with van der Waals surface area (Å²) in [5, 5.41) is 0. The normalized spacial score (nSPS) is 20.0. The van der Waals surface area contributed by atoms with Crippen molar-refractivity contribution in [1.29, 1.82) is 0 Å². The van der Waals surface area contributed by atoms with E-state index >= 15 is 0 Å². The highest BCUT2D eigenvalue weighted by atomic mass is 32.9. The van der Waals surface area contributed by atoms with Gasteiger partial charge in [0.25, 0.3) is 0 Å². The van der Waals surface area contributed by atoms with Crippen LogP contribution >= 0.6 is 17.7 Å². The summed E-state index contributed by atoms with van der Waals surface area (Å²) in [4.78, 5) is 0. The van der Waals surface area contributed by atoms with Gasteiger partial charge in [-0.15, -0.1) is 12.2 Å². The highest BCUT2D eigenvalue weighted by Crippen LogP contribution is 2.57. The van der Waals surface area contributed by atoms with E-state index < -0.39 is 5.47 Å². The minimum atomic E-state index is -1.76. The van der Waals surface area contributed by atoms with Gasteiger partial charge in [0.1, 0.15) is 5.47 Å². The van der Waals surface area contributed by atoms with Gasteiger partial charge in [-0.3, -0.25) is 0 Å². The third kappa shape index (κ3) is 3.38. The maximum absolute atomic E-state index is 5.37. The zero-order chi connectivity index (χ0) is 8.20. The van der Waals surface area contributed by atoms with Crippen LogP contribution in [0.15, 0.2) is 0 Å². The molecular weight excluding hydrogens is 183 g/mol. The second-order valence-electron chi connectivity index (χ2n) is 2.24. The maximum Gasteiger partial charge on any atom is 0.119 e. The van der Waals surface area contributed by atoms with Crippen molar-refractivity contribution in [1.82, 2.24) is 0 Å². The Bertz CT molecular complexity index is 138. The van der Waals surface area contributed by atoms with Gasteiger partial charge in [-0.1, -0.05) is 25.7 Å². The fourth-order valence-corrected chi connectivity index (χ4v) is 3.23. The monoisotopic (exact) mass is 198 g/mol. The number of hydrogen-bond acceptors (Lipinski definition) is 2. The first-order valence-corrected chi connectivity index (χ1v) is 7.45. The van der Waals surface area contributed by atoms with Crippen LogP contribution in [-0.4, -0.2) is 12.3 Å². The van der Waals surface area contributed by atoms with Gasteiger partial charge in [-0.25, -0.2) is 0 Å². The van der Waals surface area contributed by atoms with Gasteiger partial charge in [0, 0.05) is 12.3 Å². The minimum Gasteiger partial charge on any atom is -0.342 e. The molecule has 0 saturated carbocycles. The van der Waals surface area contributed by atoms with Crippen molar-refractivity contribution in [3.63, 3.8) is 0 Å². The zero-order valence-electron chi connectivity index (χ0n) is 6.70. The fourth-order valence-electron chi connectivity index (χ4n) is 0.543. The Balaban J connectivity index is 3.97. The third-order valence-electron chi connectivity index (χ3n) is 1.46. The van der Waals surface area contributed by atoms with Crippen LogP contribution < -0.4 is 0 Å². The van der Waals surface area contributed by atoms with Crippen LogP contribution in [0, 0.1) is 0 Å². The zero-order valence-corrected chi connectivity index (χ0v) is 9.31. The smallest absolute Gasteiger partial charge is 0.119 e. The second kappa shape index (κ2) is 4.76. The molecule has 0 amide bonds. The average molecular weight is 198 g/mol. The lowest BCUT2D eigenvalue weighted by Crippen LogP contribution is -2.00. The molecule has 2 unspecified atom stereocenters. The SMILES string of the molecule is CCOP(=S)(S)C(C)CC. The second-order valence-corrected chi connectivity index (χ2v) is 8.73. The number of hydrogen-bond donors (Lipinski definition) is 1. The molecule has 10 heavy (non-hydrogen) atoms. The lowest BCUT2D eigenvalue weighted by Gasteiger charge is -2.21. The van der Waals surface area contributed by atoms with Crippen molar-refractivity contribution < 1.29 is 4.52 Å². The van der Waals surface area contributed by atoms with E-state index in [2.05, 4.69) is 26.1 Å². The topological polar surface area (TPSA) is 9.23 Å². The van der Waals surface area contributed by atoms with Gasteiger partial charge in [-0.2, -0.15) is 0 Å². The molecule has 0 N–H and O–H groups in total. The molecule has 2 atom stereocenters. The van der Waals surface area contributed by atoms with E-state index in [0.717, 1.165) is 6.42 Å². The molecule has 0 aliphatic rings. The molecule has 0 aliphatic carbocycles. The molecular formula is C6H15OPS2. The van der Waals surface area contributed by atoms with Gasteiger partial charge in [-0.05, 0) is 13.3 Å². The van der Waals surface area contributed by atoms with Crippen molar-refractivity contribution >= 4 is 29.5 Å². The van der Waals surface area contributed by atoms with E-state index in [4.69, 9.17) is 16.3 Å². The quantitative estimate of drug-likeness (QED) is 0.549. The van der Waals surface area contributed by atoms with E-state index in [-0.39, 0.29) is 0 Å². The summed E-state index contributed by atoms with van der Waals surface area (Å²) in [5.74, 6) is 0. The molecule has 0 spiro atoms. The summed E-state index contributed by atoms with van der Waals surface area (Å²) in [7, 11) is 0. The molecule has 0 aromatic carbocycles. The van der Waals surface area contributed by atoms with Crippen LogP contribution in [-0.2, 0) is 16.3 Å². The van der Waals surface area contributed by atoms with Crippen LogP contribution in [0.25, 0.3) is 0 Å². The molecule has 0 saturated heterocycles. The van der Waals surface area contributed by atoms with Crippen LogP contribution in [0.2, 0.25) is 0 Å². The Morgan fingerprint density at radius 3 is 2.40 bits per heavy atom. The van der Waals surface area contributed by atoms with E-state index in [9.17, 15) is 0 Å². The molecule has 0 rings (SSSR count). The standard InChI is InChI=1S/C6H15OPS2/c1-4-6(3)8(9,10)7-5-2/h6H,4-5H2,1-3H3,(H,9,10). The maximum atomic E-state index is 5.37. The Hall–Kier alpha value is 0.960. The Morgan fingerprint density at radius 2 is 2.10 bits per heavy atom. The van der Waals surface area contributed by atoms with Gasteiger partial charge in [0.2, 0.25) is 0 Å². The molecule has 0 aromatic heterocycles. The van der Waals surface area contributed by atoms with E-state index in [1.54, 1.807) is 0 Å². The highest BCUT2D eigenvalue weighted by Gasteiger charge is 2.18. The average Bonchev–Trinajstić information content (AvgIpc) is 1.86. The summed E-state index contributed by atoms with van der Waals surface area (Å²) >= 11 is 9.56. The first-order valence-electron chi connectivity index (χ1n) is 3.51. The van der Waals surface area contributed by atoms with Gasteiger partial charge in [0.05, 0.1) is 0 Å². The van der Waals surface area contributed by atoms with Gasteiger partial charge in [0.15, 0.2) is 0 Å². The Labute approximate surface area is 73.8 Å². The molecule has 0 aliphatic heterocycles. The lowest BCUT2D eigenvalue weighted by molar-refractivity contribution is 0.380. The predicted octanol–water partition coefficient (Wildman–Crippen LogP) is 3.06. The Kier molecular flexibility index (Phi) is 5.22. The summed E-state index contributed by atoms with van der Waals surface area (Å²) in [6.07, 6.45) is 1.06. The molecule has 0 fully saturated rings. The van der Waals surface area contributed by atoms with Crippen LogP contribution in [0.4, 0.5) is 0 Å². The van der Waals surface area contributed by atoms with Gasteiger partial charge < -0.3 is 4.52 Å². The Morgan fingerprint density at radius 1 is 1.60 bits per heavy atom. The predicted molar refractivity (Wildman–Crippen MR) is 54.7 cm³/mol. The molecule has 0 bridgehead atoms. The highest BCUT2D eigenvalue weighted by molar-refractivity contribution is 8.62. The van der Waals surface area contributed by atoms with Crippen molar-refractivity contribution in [2.45, 2.75) is 32.9 Å². The van der Waals surface area contributed by atoms with Crippen LogP contribution in [0.3, 0.4) is 0 Å². The van der Waals surface area contributed by atoms with Crippen molar-refractivity contribution in [3.8, 4) is 0 Å². The molecule has 62 valence electrons. The summed E-state index contributed by atoms with van der Waals surface area (Å²) < 4.78 is 5.37. The summed E-state index contributed by atoms with van der Waals surface area (Å²) in [6, 6.07) is 0. The molecule has 0 aromatic rings. The van der Waals surface area contributed by atoms with Crippen molar-refractivity contribution in [3.05, 3.63) is 0 Å². The largest absolute Gasteiger partial charge is 0.342 e. The molecule has 1 nitrogen and oxygen atoms in total. The van der Waals surface area contributed by atoms with E-state index in [1.165, 1.54) is 0 Å². The van der Waals surface area contributed by atoms with E-state index in [0.29, 0.717) is 12.3 Å². The summed E-state index contributed by atoms with van der Waals surface area (Å²) in [6.45, 7) is 6.86. The fraction of sp³-hybridized carbons (Fsp3) is 1.00. The van der Waals surface area contributed by atoms with Crippen molar-refractivity contribution in [2.24, 2.45) is 0 Å². The van der Waals surface area contributed by atoms with Crippen molar-refractivity contribution in [2.75, 3.05) is 6.61 Å². The van der Waals surface area contributed by atoms with Crippen LogP contribution in [0.5, 0.6) is 0 Å². The van der Waals surface area contributed by atoms with Crippen LogP contribution in [0.1, 0.15) is 27.2 Å². The summed E-state index contributed by atoms with van der Waals surface area (Å²) in [5.41, 5.74) is -1.32. The number of thiol groups is 1. The lowest BCUT2D eigenvalue weighted by atomic mass is 10.4. The first kappa shape index (κ1) is 11.0. The molecule has 0 heterocycles.